The maximum atomic E-state index is 11.6. The van der Waals surface area contributed by atoms with E-state index < -0.39 is 5.60 Å². The van der Waals surface area contributed by atoms with Gasteiger partial charge in [0.25, 0.3) is 0 Å². The molecule has 0 bridgehead atoms. The molecule has 0 unspecified atom stereocenters. The Morgan fingerprint density at radius 2 is 2.14 bits per heavy atom. The molecule has 0 atom stereocenters. The van der Waals surface area contributed by atoms with Gasteiger partial charge in [-0.25, -0.2) is 0 Å². The van der Waals surface area contributed by atoms with Crippen molar-refractivity contribution in [1.82, 2.24) is 0 Å². The molecule has 74 valence electrons. The average Bonchev–Trinajstić information content (AvgIpc) is 2.07. The first kappa shape index (κ1) is 9.71. The first-order chi connectivity index (χ1) is 6.49. The van der Waals surface area contributed by atoms with Gasteiger partial charge in [0, 0.05) is 16.5 Å². The van der Waals surface area contributed by atoms with Crippen LogP contribution in [0, 0.1) is 0 Å². The third-order valence-electron chi connectivity index (χ3n) is 2.42. The number of carbonyl (C=O) groups excluding carboxylic acids is 1. The van der Waals surface area contributed by atoms with Crippen LogP contribution in [0.1, 0.15) is 19.4 Å². The quantitative estimate of drug-likeness (QED) is 0.712. The Morgan fingerprint density at radius 1 is 1.43 bits per heavy atom. The third-order valence-corrected chi connectivity index (χ3v) is 2.91. The molecule has 0 spiro atoms. The van der Waals surface area contributed by atoms with Crippen LogP contribution in [-0.2, 0) is 11.2 Å². The molecule has 0 N–H and O–H groups in total. The lowest BCUT2D eigenvalue weighted by Gasteiger charge is -2.31. The monoisotopic (exact) mass is 254 g/mol. The van der Waals surface area contributed by atoms with E-state index in [0.717, 1.165) is 15.8 Å². The van der Waals surface area contributed by atoms with Gasteiger partial charge < -0.3 is 4.74 Å². The van der Waals surface area contributed by atoms with Crippen LogP contribution in [0.5, 0.6) is 5.75 Å². The molecule has 0 aromatic heterocycles. The minimum Gasteiger partial charge on any atom is -0.480 e. The van der Waals surface area contributed by atoms with Gasteiger partial charge in [-0.2, -0.15) is 0 Å². The summed E-state index contributed by atoms with van der Waals surface area (Å²) in [5.74, 6) is 0.941. The fourth-order valence-corrected chi connectivity index (χ4v) is 1.83. The highest BCUT2D eigenvalue weighted by molar-refractivity contribution is 9.10. The Kier molecular flexibility index (Phi) is 2.14. The second-order valence-electron chi connectivity index (χ2n) is 3.96. The first-order valence-electron chi connectivity index (χ1n) is 4.50. The summed E-state index contributed by atoms with van der Waals surface area (Å²) < 4.78 is 6.61. The summed E-state index contributed by atoms with van der Waals surface area (Å²) in [6.45, 7) is 3.61. The number of halogens is 1. The molecule has 2 nitrogen and oxygen atoms in total. The SMILES string of the molecule is CC1(C)Oc2cc(Br)ccc2CC1=O. The van der Waals surface area contributed by atoms with Crippen LogP contribution >= 0.6 is 15.9 Å². The number of fused-ring (bicyclic) bond motifs is 1. The van der Waals surface area contributed by atoms with Gasteiger partial charge in [0.05, 0.1) is 0 Å². The lowest BCUT2D eigenvalue weighted by atomic mass is 9.93. The zero-order chi connectivity index (χ0) is 10.3. The van der Waals surface area contributed by atoms with Crippen molar-refractivity contribution in [3.05, 3.63) is 28.2 Å². The minimum atomic E-state index is -0.687. The highest BCUT2D eigenvalue weighted by atomic mass is 79.9. The van der Waals surface area contributed by atoms with Crippen LogP contribution in [0.3, 0.4) is 0 Å². The predicted molar refractivity (Wildman–Crippen MR) is 57.6 cm³/mol. The number of ketones is 1. The van der Waals surface area contributed by atoms with Crippen molar-refractivity contribution >= 4 is 21.7 Å². The summed E-state index contributed by atoms with van der Waals surface area (Å²) in [6.07, 6.45) is 0.468. The zero-order valence-electron chi connectivity index (χ0n) is 8.13. The van der Waals surface area contributed by atoms with Gasteiger partial charge in [0.1, 0.15) is 5.75 Å². The van der Waals surface area contributed by atoms with E-state index in [9.17, 15) is 4.79 Å². The van der Waals surface area contributed by atoms with Crippen molar-refractivity contribution < 1.29 is 9.53 Å². The summed E-state index contributed by atoms with van der Waals surface area (Å²) in [7, 11) is 0. The van der Waals surface area contributed by atoms with Crippen molar-refractivity contribution in [1.29, 1.82) is 0 Å². The Morgan fingerprint density at radius 3 is 2.86 bits per heavy atom. The summed E-state index contributed by atoms with van der Waals surface area (Å²) >= 11 is 3.38. The molecule has 14 heavy (non-hydrogen) atoms. The number of ether oxygens (including phenoxy) is 1. The van der Waals surface area contributed by atoms with Crippen LogP contribution < -0.4 is 4.74 Å². The van der Waals surface area contributed by atoms with Gasteiger partial charge >= 0.3 is 0 Å². The number of hydrogen-bond donors (Lipinski definition) is 0. The first-order valence-corrected chi connectivity index (χ1v) is 5.29. The second kappa shape index (κ2) is 3.09. The molecule has 1 aromatic rings. The molecule has 0 aliphatic carbocycles. The number of Topliss-reactive ketones (excluding diaryl/α,β-unsaturated/α-hetero) is 1. The van der Waals surface area contributed by atoms with Crippen LogP contribution in [0.15, 0.2) is 22.7 Å². The molecule has 0 radical (unpaired) electrons. The van der Waals surface area contributed by atoms with E-state index in [1.807, 2.05) is 18.2 Å². The largest absolute Gasteiger partial charge is 0.480 e. The minimum absolute atomic E-state index is 0.132. The lowest BCUT2D eigenvalue weighted by Crippen LogP contribution is -2.42. The molecule has 1 aliphatic rings. The van der Waals surface area contributed by atoms with Crippen LogP contribution in [0.4, 0.5) is 0 Å². The third kappa shape index (κ3) is 1.57. The molecule has 1 aliphatic heterocycles. The van der Waals surface area contributed by atoms with Gasteiger partial charge in [0.15, 0.2) is 11.4 Å². The fourth-order valence-electron chi connectivity index (χ4n) is 1.49. The average molecular weight is 255 g/mol. The molecule has 3 heteroatoms. The normalized spacial score (nSPS) is 18.6. The Bertz CT molecular complexity index is 396. The van der Waals surface area contributed by atoms with E-state index in [-0.39, 0.29) is 5.78 Å². The Labute approximate surface area is 91.4 Å². The predicted octanol–water partition coefficient (Wildman–Crippen LogP) is 2.73. The van der Waals surface area contributed by atoms with Crippen molar-refractivity contribution in [2.45, 2.75) is 25.9 Å². The van der Waals surface area contributed by atoms with E-state index >= 15 is 0 Å². The van der Waals surface area contributed by atoms with E-state index in [4.69, 9.17) is 4.74 Å². The van der Waals surface area contributed by atoms with E-state index in [1.54, 1.807) is 13.8 Å². The van der Waals surface area contributed by atoms with Crippen LogP contribution in [0.2, 0.25) is 0 Å². The number of hydrogen-bond acceptors (Lipinski definition) is 2. The highest BCUT2D eigenvalue weighted by Crippen LogP contribution is 2.32. The molecule has 0 saturated heterocycles. The number of benzene rings is 1. The zero-order valence-corrected chi connectivity index (χ0v) is 9.72. The molecule has 2 rings (SSSR count). The molecular weight excluding hydrogens is 244 g/mol. The van der Waals surface area contributed by atoms with Gasteiger partial charge in [-0.05, 0) is 26.0 Å². The fraction of sp³-hybridized carbons (Fsp3) is 0.364. The van der Waals surface area contributed by atoms with Crippen LogP contribution in [-0.4, -0.2) is 11.4 Å². The Balaban J connectivity index is 2.46. The molecule has 1 heterocycles. The van der Waals surface area contributed by atoms with Gasteiger partial charge in [-0.1, -0.05) is 22.0 Å². The summed E-state index contributed by atoms with van der Waals surface area (Å²) in [5.41, 5.74) is 0.283. The van der Waals surface area contributed by atoms with Gasteiger partial charge in [-0.3, -0.25) is 4.79 Å². The van der Waals surface area contributed by atoms with Crippen molar-refractivity contribution in [3.8, 4) is 5.75 Å². The summed E-state index contributed by atoms with van der Waals surface area (Å²) in [5, 5.41) is 0. The number of carbonyl (C=O) groups is 1. The van der Waals surface area contributed by atoms with E-state index in [2.05, 4.69) is 15.9 Å². The smallest absolute Gasteiger partial charge is 0.180 e. The van der Waals surface area contributed by atoms with E-state index in [0.29, 0.717) is 6.42 Å². The van der Waals surface area contributed by atoms with Crippen molar-refractivity contribution in [3.63, 3.8) is 0 Å². The standard InChI is InChI=1S/C11H11BrO2/c1-11(2)10(13)5-7-3-4-8(12)6-9(7)14-11/h3-4,6H,5H2,1-2H3. The molecule has 0 saturated carbocycles. The van der Waals surface area contributed by atoms with Crippen LogP contribution in [0.25, 0.3) is 0 Å². The van der Waals surface area contributed by atoms with Gasteiger partial charge in [-0.15, -0.1) is 0 Å². The molecule has 0 fully saturated rings. The summed E-state index contributed by atoms with van der Waals surface area (Å²) in [4.78, 5) is 11.6. The maximum absolute atomic E-state index is 11.6. The second-order valence-corrected chi connectivity index (χ2v) is 4.88. The molecule has 1 aromatic carbocycles. The summed E-state index contributed by atoms with van der Waals surface area (Å²) in [6, 6.07) is 5.75. The number of rotatable bonds is 0. The van der Waals surface area contributed by atoms with Crippen molar-refractivity contribution in [2.24, 2.45) is 0 Å². The molecule has 0 amide bonds. The molecular formula is C11H11BrO2. The van der Waals surface area contributed by atoms with Crippen molar-refractivity contribution in [2.75, 3.05) is 0 Å². The van der Waals surface area contributed by atoms with E-state index in [1.165, 1.54) is 0 Å². The highest BCUT2D eigenvalue weighted by Gasteiger charge is 2.34. The topological polar surface area (TPSA) is 26.3 Å². The van der Waals surface area contributed by atoms with Gasteiger partial charge in [0.2, 0.25) is 0 Å². The Hall–Kier alpha value is -0.830. The lowest BCUT2D eigenvalue weighted by molar-refractivity contribution is -0.132. The maximum Gasteiger partial charge on any atom is 0.180 e.